The lowest BCUT2D eigenvalue weighted by molar-refractivity contribution is -0.143. The molecule has 9 heteroatoms. The highest BCUT2D eigenvalue weighted by molar-refractivity contribution is 5.87. The molecule has 0 aliphatic heterocycles. The van der Waals surface area contributed by atoms with Gasteiger partial charge in [-0.1, -0.05) is 48.5 Å². The van der Waals surface area contributed by atoms with Gasteiger partial charge in [0.25, 0.3) is 0 Å². The quantitative estimate of drug-likeness (QED) is 0.461. The first-order valence-corrected chi connectivity index (χ1v) is 11.5. The third kappa shape index (κ3) is 4.25. The Bertz CT molecular complexity index is 1250. The van der Waals surface area contributed by atoms with Crippen molar-refractivity contribution in [1.29, 1.82) is 0 Å². The van der Waals surface area contributed by atoms with Gasteiger partial charge in [0, 0.05) is 25.7 Å². The zero-order chi connectivity index (χ0) is 24.6. The fourth-order valence-corrected chi connectivity index (χ4v) is 4.67. The van der Waals surface area contributed by atoms with E-state index >= 15 is 0 Å². The lowest BCUT2D eigenvalue weighted by atomic mass is 9.98. The number of benzene rings is 2. The fourth-order valence-electron chi connectivity index (χ4n) is 4.67. The summed E-state index contributed by atoms with van der Waals surface area (Å²) in [6, 6.07) is 16.6. The van der Waals surface area contributed by atoms with Crippen LogP contribution in [0.4, 0.5) is 4.79 Å². The summed E-state index contributed by atoms with van der Waals surface area (Å²) in [4.78, 5) is 37.3. The van der Waals surface area contributed by atoms with E-state index in [0.29, 0.717) is 18.5 Å². The van der Waals surface area contributed by atoms with E-state index in [1.807, 2.05) is 36.4 Å². The van der Waals surface area contributed by atoms with Crippen molar-refractivity contribution < 1.29 is 24.2 Å². The Morgan fingerprint density at radius 2 is 1.71 bits per heavy atom. The number of hydrogen-bond donors (Lipinski definition) is 3. The van der Waals surface area contributed by atoms with Crippen molar-refractivity contribution in [3.05, 3.63) is 77.6 Å². The van der Waals surface area contributed by atoms with Gasteiger partial charge in [0.05, 0.1) is 11.1 Å². The van der Waals surface area contributed by atoms with Crippen LogP contribution in [-0.2, 0) is 21.4 Å². The number of hydrogen-bond acceptors (Lipinski definition) is 5. The first-order valence-electron chi connectivity index (χ1n) is 11.5. The summed E-state index contributed by atoms with van der Waals surface area (Å²) < 4.78 is 7.08. The number of carboxylic acid groups (broad SMARTS) is 1. The number of alkyl carbamates (subject to hydrolysis) is 1. The zero-order valence-electron chi connectivity index (χ0n) is 19.2. The van der Waals surface area contributed by atoms with Crippen LogP contribution in [0.1, 0.15) is 41.6 Å². The molecular weight excluding hydrogens is 448 g/mol. The van der Waals surface area contributed by atoms with E-state index < -0.39 is 29.4 Å². The lowest BCUT2D eigenvalue weighted by Crippen LogP contribution is -2.44. The van der Waals surface area contributed by atoms with Gasteiger partial charge >= 0.3 is 12.1 Å². The summed E-state index contributed by atoms with van der Waals surface area (Å²) in [6.07, 6.45) is 1.80. The molecule has 2 aliphatic carbocycles. The fraction of sp³-hybridized carbons (Fsp3) is 0.308. The van der Waals surface area contributed by atoms with Crippen LogP contribution >= 0.6 is 0 Å². The molecule has 180 valence electrons. The smallest absolute Gasteiger partial charge is 0.408 e. The van der Waals surface area contributed by atoms with Crippen molar-refractivity contribution in [2.75, 3.05) is 13.2 Å². The minimum atomic E-state index is -1.08. The average Bonchev–Trinajstić information content (AvgIpc) is 3.45. The van der Waals surface area contributed by atoms with Crippen LogP contribution in [-0.4, -0.2) is 46.0 Å². The Balaban J connectivity index is 1.28. The molecule has 1 saturated carbocycles. The number of ether oxygens (including phenoxy) is 1. The summed E-state index contributed by atoms with van der Waals surface area (Å²) in [5, 5.41) is 18.8. The Morgan fingerprint density at radius 3 is 2.26 bits per heavy atom. The standard InChI is InChI=1S/C26H26N4O5/c1-30-21(10-13-28-30)22(23(31)27-15-26(11-12-26)24(32)33)29-25(34)35-14-20-18-8-4-2-6-16(18)17-7-3-5-9-19(17)20/h2-10,13,20,22H,11-12,14-15H2,1H3,(H,27,31)(H,29,34)(H,32,33). The van der Waals surface area contributed by atoms with Crippen LogP contribution in [0, 0.1) is 5.41 Å². The van der Waals surface area contributed by atoms with Gasteiger partial charge in [-0.2, -0.15) is 5.10 Å². The molecule has 0 spiro atoms. The van der Waals surface area contributed by atoms with Gasteiger partial charge in [0.2, 0.25) is 5.91 Å². The van der Waals surface area contributed by atoms with E-state index in [2.05, 4.69) is 27.9 Å². The molecule has 35 heavy (non-hydrogen) atoms. The number of nitrogens with zero attached hydrogens (tertiary/aromatic N) is 2. The van der Waals surface area contributed by atoms with E-state index in [9.17, 15) is 19.5 Å². The molecule has 5 rings (SSSR count). The summed E-state index contributed by atoms with van der Waals surface area (Å²) in [5.74, 6) is -1.56. The largest absolute Gasteiger partial charge is 0.481 e. The number of carbonyl (C=O) groups is 3. The molecule has 1 atom stereocenters. The van der Waals surface area contributed by atoms with Gasteiger partial charge in [0.1, 0.15) is 6.61 Å². The van der Waals surface area contributed by atoms with Crippen LogP contribution in [0.15, 0.2) is 60.8 Å². The molecule has 9 nitrogen and oxygen atoms in total. The Hall–Kier alpha value is -4.14. The van der Waals surface area contributed by atoms with Gasteiger partial charge < -0.3 is 20.5 Å². The molecule has 1 aromatic heterocycles. The predicted octanol–water partition coefficient (Wildman–Crippen LogP) is 2.98. The monoisotopic (exact) mass is 474 g/mol. The molecule has 2 aromatic carbocycles. The molecule has 2 amide bonds. The number of rotatable bonds is 8. The SMILES string of the molecule is Cn1nccc1C(NC(=O)OCC1c2ccccc2-c2ccccc21)C(=O)NCC1(C(=O)O)CC1. The maximum Gasteiger partial charge on any atom is 0.408 e. The van der Waals surface area contributed by atoms with Crippen molar-refractivity contribution in [3.8, 4) is 11.1 Å². The minimum absolute atomic E-state index is 0.00187. The highest BCUT2D eigenvalue weighted by atomic mass is 16.5. The normalized spacial score (nSPS) is 16.0. The second-order valence-corrected chi connectivity index (χ2v) is 9.09. The number of aryl methyl sites for hydroxylation is 1. The number of aliphatic carboxylic acids is 1. The lowest BCUT2D eigenvalue weighted by Gasteiger charge is -2.21. The van der Waals surface area contributed by atoms with Crippen molar-refractivity contribution in [2.45, 2.75) is 24.8 Å². The molecule has 1 heterocycles. The van der Waals surface area contributed by atoms with Crippen molar-refractivity contribution in [3.63, 3.8) is 0 Å². The summed E-state index contributed by atoms with van der Waals surface area (Å²) in [7, 11) is 1.66. The van der Waals surface area contributed by atoms with Gasteiger partial charge in [-0.3, -0.25) is 14.3 Å². The maximum atomic E-state index is 13.0. The second-order valence-electron chi connectivity index (χ2n) is 9.09. The van der Waals surface area contributed by atoms with E-state index in [1.54, 1.807) is 13.1 Å². The second kappa shape index (κ2) is 8.90. The molecule has 3 N–H and O–H groups in total. The van der Waals surface area contributed by atoms with Crippen LogP contribution in [0.5, 0.6) is 0 Å². The van der Waals surface area contributed by atoms with Gasteiger partial charge in [-0.25, -0.2) is 4.79 Å². The van der Waals surface area contributed by atoms with E-state index in [0.717, 1.165) is 22.3 Å². The predicted molar refractivity (Wildman–Crippen MR) is 126 cm³/mol. The highest BCUT2D eigenvalue weighted by Crippen LogP contribution is 2.45. The minimum Gasteiger partial charge on any atom is -0.481 e. The summed E-state index contributed by atoms with van der Waals surface area (Å²) in [6.45, 7) is 0.115. The van der Waals surface area contributed by atoms with Crippen LogP contribution < -0.4 is 10.6 Å². The molecule has 1 unspecified atom stereocenters. The number of carbonyl (C=O) groups excluding carboxylic acids is 2. The number of amides is 2. The van der Waals surface area contributed by atoms with Crippen molar-refractivity contribution in [2.24, 2.45) is 12.5 Å². The molecular formula is C26H26N4O5. The van der Waals surface area contributed by atoms with Gasteiger partial charge in [0.15, 0.2) is 6.04 Å². The van der Waals surface area contributed by atoms with E-state index in [4.69, 9.17) is 4.74 Å². The average molecular weight is 475 g/mol. The van der Waals surface area contributed by atoms with E-state index in [-0.39, 0.29) is 19.1 Å². The molecule has 0 bridgehead atoms. The topological polar surface area (TPSA) is 123 Å². The Morgan fingerprint density at radius 1 is 1.09 bits per heavy atom. The third-order valence-electron chi connectivity index (χ3n) is 6.93. The highest BCUT2D eigenvalue weighted by Gasteiger charge is 2.50. The summed E-state index contributed by atoms with van der Waals surface area (Å²) in [5.41, 5.74) is 3.96. The molecule has 3 aromatic rings. The maximum absolute atomic E-state index is 13.0. The number of carboxylic acids is 1. The molecule has 1 fully saturated rings. The van der Waals surface area contributed by atoms with Gasteiger partial charge in [-0.15, -0.1) is 0 Å². The van der Waals surface area contributed by atoms with Crippen molar-refractivity contribution >= 4 is 18.0 Å². The molecule has 0 radical (unpaired) electrons. The van der Waals surface area contributed by atoms with Gasteiger partial charge in [-0.05, 0) is 41.2 Å². The van der Waals surface area contributed by atoms with Crippen LogP contribution in [0.3, 0.4) is 0 Å². The third-order valence-corrected chi connectivity index (χ3v) is 6.93. The van der Waals surface area contributed by atoms with Crippen LogP contribution in [0.2, 0.25) is 0 Å². The Labute approximate surface area is 202 Å². The van der Waals surface area contributed by atoms with E-state index in [1.165, 1.54) is 10.9 Å². The first kappa shape index (κ1) is 22.6. The Kier molecular flexibility index (Phi) is 5.76. The number of nitrogens with one attached hydrogen (secondary N) is 2. The van der Waals surface area contributed by atoms with Crippen molar-refractivity contribution in [1.82, 2.24) is 20.4 Å². The summed E-state index contributed by atoms with van der Waals surface area (Å²) >= 11 is 0. The number of aromatic nitrogens is 2. The van der Waals surface area contributed by atoms with Crippen LogP contribution in [0.25, 0.3) is 11.1 Å². The molecule has 2 aliphatic rings. The first-order chi connectivity index (χ1) is 16.9. The number of fused-ring (bicyclic) bond motifs is 3. The zero-order valence-corrected chi connectivity index (χ0v) is 19.2. The molecule has 0 saturated heterocycles.